The minimum atomic E-state index is -0.896. The molecule has 0 aliphatic carbocycles. The minimum Gasteiger partial charge on any atom is -0.459 e. The zero-order chi connectivity index (χ0) is 19.7. The number of amides is 2. The number of hydrogen-bond acceptors (Lipinski definition) is 7. The van der Waals surface area contributed by atoms with Crippen molar-refractivity contribution in [2.75, 3.05) is 5.75 Å². The van der Waals surface area contributed by atoms with Crippen LogP contribution >= 0.6 is 11.8 Å². The molecule has 2 fully saturated rings. The summed E-state index contributed by atoms with van der Waals surface area (Å²) < 4.78 is 5.30. The standard InChI is InChI=1S/C17H17N3O6S/c1-9-8-27-16-13(18-10(2)21)15(22)19(16)14(9)17(23)26-7-11-3-5-12(6-4-11)20(24)25/h3-6,13-14,16H,1,7-8H2,2H3,(H,18,21)/t13-,14?,16+/m1/s1. The van der Waals surface area contributed by atoms with E-state index < -0.39 is 23.0 Å². The van der Waals surface area contributed by atoms with Gasteiger partial charge in [0, 0.05) is 24.8 Å². The molecule has 9 nitrogen and oxygen atoms in total. The van der Waals surface area contributed by atoms with Gasteiger partial charge >= 0.3 is 5.97 Å². The topological polar surface area (TPSA) is 119 Å². The van der Waals surface area contributed by atoms with E-state index >= 15 is 0 Å². The van der Waals surface area contributed by atoms with E-state index in [2.05, 4.69) is 11.9 Å². The van der Waals surface area contributed by atoms with Crippen LogP contribution in [0.15, 0.2) is 36.4 Å². The average molecular weight is 391 g/mol. The maximum atomic E-state index is 12.5. The lowest BCUT2D eigenvalue weighted by molar-refractivity contribution is -0.384. The van der Waals surface area contributed by atoms with E-state index in [9.17, 15) is 24.5 Å². The van der Waals surface area contributed by atoms with E-state index in [1.807, 2.05) is 0 Å². The summed E-state index contributed by atoms with van der Waals surface area (Å²) in [5.41, 5.74) is 1.09. The molecule has 2 saturated heterocycles. The van der Waals surface area contributed by atoms with Gasteiger partial charge in [0.1, 0.15) is 18.0 Å². The molecule has 2 amide bonds. The maximum absolute atomic E-state index is 12.5. The normalized spacial score (nSPS) is 23.9. The number of benzene rings is 1. The van der Waals surface area contributed by atoms with Crippen molar-refractivity contribution in [3.63, 3.8) is 0 Å². The lowest BCUT2D eigenvalue weighted by Gasteiger charge is -2.52. The molecule has 1 unspecified atom stereocenters. The number of ether oxygens (including phenoxy) is 1. The van der Waals surface area contributed by atoms with Gasteiger partial charge in [-0.1, -0.05) is 6.58 Å². The van der Waals surface area contributed by atoms with Crippen molar-refractivity contribution < 1.29 is 24.0 Å². The fourth-order valence-corrected chi connectivity index (χ4v) is 4.29. The van der Waals surface area contributed by atoms with Crippen molar-refractivity contribution in [1.29, 1.82) is 0 Å². The summed E-state index contributed by atoms with van der Waals surface area (Å²) in [7, 11) is 0. The van der Waals surface area contributed by atoms with Crippen LogP contribution in [-0.4, -0.2) is 50.8 Å². The summed E-state index contributed by atoms with van der Waals surface area (Å²) in [5, 5.41) is 12.9. The van der Waals surface area contributed by atoms with Gasteiger partial charge in [0.05, 0.1) is 4.92 Å². The second kappa shape index (κ2) is 7.39. The quantitative estimate of drug-likeness (QED) is 0.261. The van der Waals surface area contributed by atoms with Crippen LogP contribution in [0.4, 0.5) is 5.69 Å². The molecule has 10 heteroatoms. The Hall–Kier alpha value is -2.88. The van der Waals surface area contributed by atoms with Gasteiger partial charge in [-0.2, -0.15) is 0 Å². The molecule has 3 atom stereocenters. The van der Waals surface area contributed by atoms with E-state index in [1.165, 1.54) is 47.9 Å². The molecule has 0 saturated carbocycles. The molecular formula is C17H17N3O6S. The van der Waals surface area contributed by atoms with Crippen molar-refractivity contribution in [3.8, 4) is 0 Å². The Kier molecular flexibility index (Phi) is 5.17. The molecule has 1 aromatic rings. The first-order chi connectivity index (χ1) is 12.8. The number of nitrogens with zero attached hydrogens (tertiary/aromatic N) is 2. The number of carbonyl (C=O) groups is 3. The third kappa shape index (κ3) is 3.65. The summed E-state index contributed by atoms with van der Waals surface area (Å²) >= 11 is 1.43. The van der Waals surface area contributed by atoms with Crippen LogP contribution in [0.3, 0.4) is 0 Å². The van der Waals surface area contributed by atoms with Crippen molar-refractivity contribution in [2.45, 2.75) is 31.0 Å². The highest BCUT2D eigenvalue weighted by atomic mass is 32.2. The van der Waals surface area contributed by atoms with Crippen molar-refractivity contribution in [2.24, 2.45) is 0 Å². The third-order valence-corrected chi connectivity index (χ3v) is 5.67. The highest BCUT2D eigenvalue weighted by Gasteiger charge is 2.56. The van der Waals surface area contributed by atoms with Gasteiger partial charge in [-0.25, -0.2) is 4.79 Å². The highest BCUT2D eigenvalue weighted by molar-refractivity contribution is 8.00. The summed E-state index contributed by atoms with van der Waals surface area (Å²) in [6, 6.07) is 4.11. The average Bonchev–Trinajstić information content (AvgIpc) is 2.64. The second-order valence-corrected chi connectivity index (χ2v) is 7.32. The number of carbonyl (C=O) groups excluding carboxylic acids is 3. The molecule has 0 aromatic heterocycles. The number of nitro benzene ring substituents is 1. The SMILES string of the molecule is C=C1CS[C@H]2[C@H](NC(C)=O)C(=O)N2C1C(=O)OCc1ccc([N+](=O)[O-])cc1. The van der Waals surface area contributed by atoms with Crippen molar-refractivity contribution >= 4 is 35.2 Å². The molecule has 2 aliphatic rings. The monoisotopic (exact) mass is 391 g/mol. The molecule has 2 aliphatic heterocycles. The Morgan fingerprint density at radius 3 is 2.67 bits per heavy atom. The van der Waals surface area contributed by atoms with Crippen molar-refractivity contribution in [1.82, 2.24) is 10.2 Å². The van der Waals surface area contributed by atoms with Crippen LogP contribution in [0.1, 0.15) is 12.5 Å². The molecule has 2 heterocycles. The summed E-state index contributed by atoms with van der Waals surface area (Å²) in [6.45, 7) is 5.12. The number of rotatable bonds is 5. The lowest BCUT2D eigenvalue weighted by atomic mass is 9.98. The predicted octanol–water partition coefficient (Wildman–Crippen LogP) is 0.983. The number of nitro groups is 1. The van der Waals surface area contributed by atoms with Gasteiger partial charge in [0.2, 0.25) is 11.8 Å². The molecule has 3 rings (SSSR count). The second-order valence-electron chi connectivity index (χ2n) is 6.22. The zero-order valence-electron chi connectivity index (χ0n) is 14.4. The number of fused-ring (bicyclic) bond motifs is 1. The fourth-order valence-electron chi connectivity index (χ4n) is 2.98. The van der Waals surface area contributed by atoms with Crippen LogP contribution < -0.4 is 5.32 Å². The summed E-state index contributed by atoms with van der Waals surface area (Å²) in [6.07, 6.45) is 0. The first-order valence-electron chi connectivity index (χ1n) is 8.08. The van der Waals surface area contributed by atoms with Gasteiger partial charge in [0.25, 0.3) is 5.69 Å². The van der Waals surface area contributed by atoms with E-state index in [-0.39, 0.29) is 29.5 Å². The first-order valence-corrected chi connectivity index (χ1v) is 9.13. The van der Waals surface area contributed by atoms with Crippen LogP contribution in [-0.2, 0) is 25.7 Å². The predicted molar refractivity (Wildman–Crippen MR) is 96.5 cm³/mol. The number of β-lactam (4-membered cyclic amide) rings is 1. The van der Waals surface area contributed by atoms with E-state index in [1.54, 1.807) is 0 Å². The number of esters is 1. The van der Waals surface area contributed by atoms with Gasteiger partial charge in [0.15, 0.2) is 6.04 Å². The molecule has 0 bridgehead atoms. The molecule has 142 valence electrons. The van der Waals surface area contributed by atoms with Gasteiger partial charge in [-0.05, 0) is 23.3 Å². The lowest BCUT2D eigenvalue weighted by Crippen LogP contribution is -2.74. The fraction of sp³-hybridized carbons (Fsp3) is 0.353. The molecule has 0 spiro atoms. The molecule has 0 radical (unpaired) electrons. The van der Waals surface area contributed by atoms with Gasteiger partial charge in [-0.3, -0.25) is 19.7 Å². The molecular weight excluding hydrogens is 374 g/mol. The zero-order valence-corrected chi connectivity index (χ0v) is 15.2. The van der Waals surface area contributed by atoms with Gasteiger partial charge < -0.3 is 15.0 Å². The van der Waals surface area contributed by atoms with Crippen LogP contribution in [0.2, 0.25) is 0 Å². The minimum absolute atomic E-state index is 0.0548. The van der Waals surface area contributed by atoms with E-state index in [4.69, 9.17) is 4.74 Å². The first kappa shape index (κ1) is 18.9. The number of hydrogen-bond donors (Lipinski definition) is 1. The molecule has 1 aromatic carbocycles. The number of thioether (sulfide) groups is 1. The van der Waals surface area contributed by atoms with E-state index in [0.717, 1.165) is 0 Å². The Balaban J connectivity index is 1.64. The Bertz CT molecular complexity index is 824. The number of non-ortho nitro benzene ring substituents is 1. The third-order valence-electron chi connectivity index (χ3n) is 4.29. The van der Waals surface area contributed by atoms with Crippen LogP contribution in [0.25, 0.3) is 0 Å². The van der Waals surface area contributed by atoms with Crippen LogP contribution in [0, 0.1) is 10.1 Å². The largest absolute Gasteiger partial charge is 0.459 e. The molecule has 1 N–H and O–H groups in total. The smallest absolute Gasteiger partial charge is 0.333 e. The van der Waals surface area contributed by atoms with E-state index in [0.29, 0.717) is 16.9 Å². The number of nitrogens with one attached hydrogen (secondary N) is 1. The Morgan fingerprint density at radius 1 is 1.41 bits per heavy atom. The summed E-state index contributed by atoms with van der Waals surface area (Å²) in [4.78, 5) is 47.7. The van der Waals surface area contributed by atoms with Crippen molar-refractivity contribution in [3.05, 3.63) is 52.1 Å². The highest BCUT2D eigenvalue weighted by Crippen LogP contribution is 2.40. The van der Waals surface area contributed by atoms with Gasteiger partial charge in [-0.15, -0.1) is 11.8 Å². The molecule has 27 heavy (non-hydrogen) atoms. The Morgan fingerprint density at radius 2 is 2.07 bits per heavy atom. The summed E-state index contributed by atoms with van der Waals surface area (Å²) in [5.74, 6) is -0.795. The maximum Gasteiger partial charge on any atom is 0.333 e. The van der Waals surface area contributed by atoms with Crippen LogP contribution in [0.5, 0.6) is 0 Å². The Labute approximate surface area is 158 Å².